The first-order chi connectivity index (χ1) is 7.45. The Labute approximate surface area is 96.6 Å². The SMILES string of the molecule is CC(C)(OCC1CCC[C@H](CO)C1)C(=O)O. The first-order valence-electron chi connectivity index (χ1n) is 5.94. The summed E-state index contributed by atoms with van der Waals surface area (Å²) in [5, 5.41) is 18.0. The van der Waals surface area contributed by atoms with Crippen LogP contribution in [-0.4, -0.2) is 35.0 Å². The van der Waals surface area contributed by atoms with E-state index in [1.807, 2.05) is 0 Å². The number of hydrogen-bond acceptors (Lipinski definition) is 3. The molecule has 2 N–H and O–H groups in total. The molecular formula is C12H22O4. The number of carbonyl (C=O) groups is 1. The first-order valence-corrected chi connectivity index (χ1v) is 5.94. The second-order valence-electron chi connectivity index (χ2n) is 5.21. The lowest BCUT2D eigenvalue weighted by Gasteiger charge is -2.30. The van der Waals surface area contributed by atoms with E-state index in [0.717, 1.165) is 25.7 Å². The third-order valence-corrected chi connectivity index (χ3v) is 3.34. The van der Waals surface area contributed by atoms with Crippen LogP contribution in [0, 0.1) is 11.8 Å². The minimum Gasteiger partial charge on any atom is -0.479 e. The van der Waals surface area contributed by atoms with Gasteiger partial charge in [0, 0.05) is 6.61 Å². The second-order valence-corrected chi connectivity index (χ2v) is 5.21. The van der Waals surface area contributed by atoms with E-state index in [2.05, 4.69) is 0 Å². The normalized spacial score (nSPS) is 26.7. The van der Waals surface area contributed by atoms with E-state index in [9.17, 15) is 4.79 Å². The largest absolute Gasteiger partial charge is 0.479 e. The van der Waals surface area contributed by atoms with Crippen molar-refractivity contribution in [3.63, 3.8) is 0 Å². The monoisotopic (exact) mass is 230 g/mol. The van der Waals surface area contributed by atoms with E-state index in [1.165, 1.54) is 0 Å². The Morgan fingerprint density at radius 2 is 2.00 bits per heavy atom. The van der Waals surface area contributed by atoms with Crippen molar-refractivity contribution in [1.29, 1.82) is 0 Å². The van der Waals surface area contributed by atoms with E-state index in [0.29, 0.717) is 18.4 Å². The topological polar surface area (TPSA) is 66.8 Å². The minimum absolute atomic E-state index is 0.235. The summed E-state index contributed by atoms with van der Waals surface area (Å²) in [6.07, 6.45) is 4.21. The summed E-state index contributed by atoms with van der Waals surface area (Å²) in [6, 6.07) is 0. The highest BCUT2D eigenvalue weighted by Gasteiger charge is 2.30. The molecule has 1 unspecified atom stereocenters. The number of ether oxygens (including phenoxy) is 1. The maximum absolute atomic E-state index is 10.8. The summed E-state index contributed by atoms with van der Waals surface area (Å²) in [4.78, 5) is 10.8. The standard InChI is InChI=1S/C12H22O4/c1-12(2,11(14)15)16-8-10-5-3-4-9(6-10)7-13/h9-10,13H,3-8H2,1-2H3,(H,14,15)/t9-,10?/m0/s1. The van der Waals surface area contributed by atoms with Gasteiger partial charge in [0.25, 0.3) is 0 Å². The van der Waals surface area contributed by atoms with Crippen LogP contribution in [0.3, 0.4) is 0 Å². The van der Waals surface area contributed by atoms with Crippen LogP contribution >= 0.6 is 0 Å². The average Bonchev–Trinajstić information content (AvgIpc) is 2.26. The predicted molar refractivity (Wildman–Crippen MR) is 60.2 cm³/mol. The minimum atomic E-state index is -1.11. The summed E-state index contributed by atoms with van der Waals surface area (Å²) < 4.78 is 5.44. The van der Waals surface area contributed by atoms with Gasteiger partial charge in [0.15, 0.2) is 5.60 Å². The molecule has 0 aromatic rings. The van der Waals surface area contributed by atoms with Crippen molar-refractivity contribution in [2.45, 2.75) is 45.1 Å². The van der Waals surface area contributed by atoms with Gasteiger partial charge in [-0.1, -0.05) is 6.42 Å². The van der Waals surface area contributed by atoms with Gasteiger partial charge in [-0.3, -0.25) is 0 Å². The van der Waals surface area contributed by atoms with Crippen molar-refractivity contribution in [3.05, 3.63) is 0 Å². The van der Waals surface area contributed by atoms with Crippen LogP contribution in [0.25, 0.3) is 0 Å². The Kier molecular flexibility index (Phi) is 4.74. The zero-order valence-electron chi connectivity index (χ0n) is 10.1. The number of rotatable bonds is 5. The van der Waals surface area contributed by atoms with Crippen molar-refractivity contribution in [1.82, 2.24) is 0 Å². The molecule has 0 bridgehead atoms. The van der Waals surface area contributed by atoms with E-state index in [1.54, 1.807) is 13.8 Å². The van der Waals surface area contributed by atoms with Crippen LogP contribution in [0.5, 0.6) is 0 Å². The fraction of sp³-hybridized carbons (Fsp3) is 0.917. The highest BCUT2D eigenvalue weighted by atomic mass is 16.5. The van der Waals surface area contributed by atoms with E-state index < -0.39 is 11.6 Å². The van der Waals surface area contributed by atoms with Gasteiger partial charge in [-0.15, -0.1) is 0 Å². The van der Waals surface area contributed by atoms with Crippen LogP contribution in [0.1, 0.15) is 39.5 Å². The van der Waals surface area contributed by atoms with Crippen molar-refractivity contribution < 1.29 is 19.7 Å². The van der Waals surface area contributed by atoms with Crippen LogP contribution < -0.4 is 0 Å². The smallest absolute Gasteiger partial charge is 0.335 e. The molecule has 4 heteroatoms. The van der Waals surface area contributed by atoms with Gasteiger partial charge in [-0.05, 0) is 44.9 Å². The maximum Gasteiger partial charge on any atom is 0.335 e. The molecule has 94 valence electrons. The number of carboxylic acids is 1. The van der Waals surface area contributed by atoms with Crippen LogP contribution in [0.2, 0.25) is 0 Å². The Hall–Kier alpha value is -0.610. The van der Waals surface area contributed by atoms with E-state index >= 15 is 0 Å². The number of aliphatic hydroxyl groups excluding tert-OH is 1. The molecule has 1 aliphatic carbocycles. The van der Waals surface area contributed by atoms with Gasteiger partial charge in [0.1, 0.15) is 0 Å². The van der Waals surface area contributed by atoms with Gasteiger partial charge in [0.2, 0.25) is 0 Å². The van der Waals surface area contributed by atoms with Crippen LogP contribution in [0.4, 0.5) is 0 Å². The first kappa shape index (κ1) is 13.5. The molecule has 0 aliphatic heterocycles. The lowest BCUT2D eigenvalue weighted by atomic mass is 9.82. The highest BCUT2D eigenvalue weighted by Crippen LogP contribution is 2.29. The van der Waals surface area contributed by atoms with Gasteiger partial charge in [-0.2, -0.15) is 0 Å². The summed E-state index contributed by atoms with van der Waals surface area (Å²) >= 11 is 0. The summed E-state index contributed by atoms with van der Waals surface area (Å²) in [6.45, 7) is 3.86. The average molecular weight is 230 g/mol. The Balaban J connectivity index is 2.35. The fourth-order valence-corrected chi connectivity index (χ4v) is 2.11. The summed E-state index contributed by atoms with van der Waals surface area (Å²) in [7, 11) is 0. The maximum atomic E-state index is 10.8. The van der Waals surface area contributed by atoms with Gasteiger partial charge >= 0.3 is 5.97 Å². The third kappa shape index (κ3) is 3.76. The molecular weight excluding hydrogens is 208 g/mol. The lowest BCUT2D eigenvalue weighted by molar-refractivity contribution is -0.163. The molecule has 1 aliphatic rings. The molecule has 0 heterocycles. The quantitative estimate of drug-likeness (QED) is 0.754. The second kappa shape index (κ2) is 5.64. The molecule has 0 spiro atoms. The number of carboxylic acid groups (broad SMARTS) is 1. The zero-order valence-corrected chi connectivity index (χ0v) is 10.1. The Morgan fingerprint density at radius 1 is 1.38 bits per heavy atom. The van der Waals surface area contributed by atoms with E-state index in [-0.39, 0.29) is 6.61 Å². The van der Waals surface area contributed by atoms with Crippen LogP contribution in [-0.2, 0) is 9.53 Å². The number of aliphatic hydroxyl groups is 1. The molecule has 0 aromatic heterocycles. The molecule has 0 aromatic carbocycles. The molecule has 0 saturated heterocycles. The number of hydrogen-bond donors (Lipinski definition) is 2. The van der Waals surface area contributed by atoms with Gasteiger partial charge < -0.3 is 14.9 Å². The number of aliphatic carboxylic acids is 1. The highest BCUT2D eigenvalue weighted by molar-refractivity contribution is 5.76. The fourth-order valence-electron chi connectivity index (χ4n) is 2.11. The molecule has 16 heavy (non-hydrogen) atoms. The van der Waals surface area contributed by atoms with Crippen LogP contribution in [0.15, 0.2) is 0 Å². The van der Waals surface area contributed by atoms with Crippen molar-refractivity contribution in [3.8, 4) is 0 Å². The van der Waals surface area contributed by atoms with E-state index in [4.69, 9.17) is 14.9 Å². The molecule has 0 radical (unpaired) electrons. The van der Waals surface area contributed by atoms with Crippen molar-refractivity contribution in [2.24, 2.45) is 11.8 Å². The summed E-state index contributed by atoms with van der Waals surface area (Å²) in [5.74, 6) is -0.165. The van der Waals surface area contributed by atoms with Gasteiger partial charge in [0.05, 0.1) is 6.61 Å². The molecule has 1 fully saturated rings. The van der Waals surface area contributed by atoms with Gasteiger partial charge in [-0.25, -0.2) is 4.79 Å². The third-order valence-electron chi connectivity index (χ3n) is 3.34. The molecule has 1 saturated carbocycles. The molecule has 2 atom stereocenters. The molecule has 4 nitrogen and oxygen atoms in total. The Morgan fingerprint density at radius 3 is 2.56 bits per heavy atom. The molecule has 1 rings (SSSR count). The Bertz CT molecular complexity index is 237. The summed E-state index contributed by atoms with van der Waals surface area (Å²) in [5.41, 5.74) is -1.11. The predicted octanol–water partition coefficient (Wildman–Crippen LogP) is 1.66. The lowest BCUT2D eigenvalue weighted by Crippen LogP contribution is -2.37. The van der Waals surface area contributed by atoms with Crippen molar-refractivity contribution in [2.75, 3.05) is 13.2 Å². The van der Waals surface area contributed by atoms with Crippen molar-refractivity contribution >= 4 is 5.97 Å². The zero-order chi connectivity index (χ0) is 12.2. The molecule has 0 amide bonds.